The van der Waals surface area contributed by atoms with Crippen molar-refractivity contribution in [2.45, 2.75) is 12.8 Å². The molecular formula is C18H22N4O2. The van der Waals surface area contributed by atoms with Crippen LogP contribution in [0.1, 0.15) is 23.2 Å². The van der Waals surface area contributed by atoms with Gasteiger partial charge in [0.2, 0.25) is 5.91 Å². The molecule has 2 heterocycles. The third-order valence-electron chi connectivity index (χ3n) is 4.39. The summed E-state index contributed by atoms with van der Waals surface area (Å²) in [5.41, 5.74) is 6.73. The predicted molar refractivity (Wildman–Crippen MR) is 92.4 cm³/mol. The minimum absolute atomic E-state index is 0.0194. The minimum atomic E-state index is -0.169. The predicted octanol–water partition coefficient (Wildman–Crippen LogP) is 1.16. The average molecular weight is 326 g/mol. The van der Waals surface area contributed by atoms with Gasteiger partial charge in [0.25, 0.3) is 5.91 Å². The van der Waals surface area contributed by atoms with Crippen molar-refractivity contribution in [1.29, 1.82) is 0 Å². The van der Waals surface area contributed by atoms with Gasteiger partial charge in [0.1, 0.15) is 0 Å². The number of hydrogen-bond acceptors (Lipinski definition) is 4. The Bertz CT molecular complexity index is 741. The zero-order chi connectivity index (χ0) is 16.9. The van der Waals surface area contributed by atoms with Crippen LogP contribution in [0, 0.1) is 5.92 Å². The van der Waals surface area contributed by atoms with Crippen LogP contribution in [0.2, 0.25) is 0 Å². The molecule has 2 amide bonds. The Labute approximate surface area is 141 Å². The van der Waals surface area contributed by atoms with Gasteiger partial charge in [0.05, 0.1) is 17.0 Å². The summed E-state index contributed by atoms with van der Waals surface area (Å²) in [7, 11) is 0. The highest BCUT2D eigenvalue weighted by Crippen LogP contribution is 2.22. The van der Waals surface area contributed by atoms with Crippen molar-refractivity contribution >= 4 is 22.7 Å². The quantitative estimate of drug-likeness (QED) is 0.882. The average Bonchev–Trinajstić information content (AvgIpc) is 2.65. The van der Waals surface area contributed by atoms with E-state index in [0.29, 0.717) is 37.3 Å². The first kappa shape index (κ1) is 16.4. The lowest BCUT2D eigenvalue weighted by atomic mass is 9.96. The van der Waals surface area contributed by atoms with Gasteiger partial charge in [-0.05, 0) is 25.0 Å². The van der Waals surface area contributed by atoms with E-state index >= 15 is 0 Å². The molecule has 3 N–H and O–H groups in total. The first-order valence-corrected chi connectivity index (χ1v) is 8.31. The Morgan fingerprint density at radius 3 is 2.96 bits per heavy atom. The number of para-hydroxylation sites is 1. The third-order valence-corrected chi connectivity index (χ3v) is 4.39. The lowest BCUT2D eigenvalue weighted by Crippen LogP contribution is -2.46. The molecule has 0 saturated carbocycles. The van der Waals surface area contributed by atoms with E-state index in [9.17, 15) is 9.59 Å². The summed E-state index contributed by atoms with van der Waals surface area (Å²) in [6.07, 6.45) is 3.32. The number of pyridine rings is 1. The second-order valence-electron chi connectivity index (χ2n) is 6.05. The molecule has 1 saturated heterocycles. The van der Waals surface area contributed by atoms with Crippen LogP contribution in [-0.4, -0.2) is 47.9 Å². The number of piperidine rings is 1. The van der Waals surface area contributed by atoms with Crippen LogP contribution in [0.3, 0.4) is 0 Å². The van der Waals surface area contributed by atoms with E-state index < -0.39 is 0 Å². The highest BCUT2D eigenvalue weighted by Gasteiger charge is 2.29. The largest absolute Gasteiger partial charge is 0.355 e. The monoisotopic (exact) mass is 326 g/mol. The number of nitrogens with two attached hydrogens (primary N) is 1. The van der Waals surface area contributed by atoms with Gasteiger partial charge in [-0.1, -0.05) is 18.2 Å². The second-order valence-corrected chi connectivity index (χ2v) is 6.05. The van der Waals surface area contributed by atoms with E-state index in [1.165, 1.54) is 0 Å². The maximum absolute atomic E-state index is 12.9. The maximum Gasteiger partial charge on any atom is 0.256 e. The molecular weight excluding hydrogens is 304 g/mol. The molecule has 1 aromatic heterocycles. The van der Waals surface area contributed by atoms with Gasteiger partial charge in [0, 0.05) is 37.8 Å². The topological polar surface area (TPSA) is 88.3 Å². The molecule has 1 aromatic carbocycles. The molecule has 6 heteroatoms. The summed E-state index contributed by atoms with van der Waals surface area (Å²) in [5, 5.41) is 3.76. The van der Waals surface area contributed by atoms with E-state index in [-0.39, 0.29) is 17.7 Å². The Morgan fingerprint density at radius 1 is 1.29 bits per heavy atom. The molecule has 0 bridgehead atoms. The van der Waals surface area contributed by atoms with E-state index in [2.05, 4.69) is 10.3 Å². The Morgan fingerprint density at radius 2 is 2.12 bits per heavy atom. The van der Waals surface area contributed by atoms with Crippen LogP contribution in [0.25, 0.3) is 10.9 Å². The number of nitrogens with one attached hydrogen (secondary N) is 1. The molecule has 1 aliphatic heterocycles. The van der Waals surface area contributed by atoms with Crippen molar-refractivity contribution in [2.75, 3.05) is 26.2 Å². The number of carbonyl (C=O) groups excluding carboxylic acids is 2. The van der Waals surface area contributed by atoms with Crippen LogP contribution in [0.4, 0.5) is 0 Å². The van der Waals surface area contributed by atoms with Gasteiger partial charge in [0.15, 0.2) is 0 Å². The molecule has 1 fully saturated rings. The second kappa shape index (κ2) is 7.40. The van der Waals surface area contributed by atoms with E-state index in [1.807, 2.05) is 24.3 Å². The molecule has 24 heavy (non-hydrogen) atoms. The van der Waals surface area contributed by atoms with Crippen LogP contribution in [0.5, 0.6) is 0 Å². The number of hydrogen-bond donors (Lipinski definition) is 2. The van der Waals surface area contributed by atoms with Gasteiger partial charge in [-0.25, -0.2) is 0 Å². The number of carbonyl (C=O) groups is 2. The molecule has 0 spiro atoms. The Kier molecular flexibility index (Phi) is 5.05. The van der Waals surface area contributed by atoms with Crippen molar-refractivity contribution in [3.8, 4) is 0 Å². The number of fused-ring (bicyclic) bond motifs is 1. The highest BCUT2D eigenvalue weighted by molar-refractivity contribution is 6.05. The van der Waals surface area contributed by atoms with E-state index in [4.69, 9.17) is 5.73 Å². The number of likely N-dealkylation sites (tertiary alicyclic amines) is 1. The van der Waals surface area contributed by atoms with Crippen LogP contribution in [-0.2, 0) is 4.79 Å². The van der Waals surface area contributed by atoms with Crippen molar-refractivity contribution < 1.29 is 9.59 Å². The van der Waals surface area contributed by atoms with Crippen molar-refractivity contribution in [1.82, 2.24) is 15.2 Å². The number of benzene rings is 1. The van der Waals surface area contributed by atoms with Gasteiger partial charge in [-0.2, -0.15) is 0 Å². The summed E-state index contributed by atoms with van der Waals surface area (Å²) in [6, 6.07) is 9.41. The molecule has 2 aromatic rings. The van der Waals surface area contributed by atoms with Crippen LogP contribution in [0.15, 0.2) is 36.5 Å². The first-order chi connectivity index (χ1) is 11.7. The zero-order valence-electron chi connectivity index (χ0n) is 13.6. The van der Waals surface area contributed by atoms with Crippen LogP contribution < -0.4 is 11.1 Å². The fraction of sp³-hybridized carbons (Fsp3) is 0.389. The van der Waals surface area contributed by atoms with Crippen molar-refractivity contribution in [3.63, 3.8) is 0 Å². The Balaban J connectivity index is 1.78. The zero-order valence-corrected chi connectivity index (χ0v) is 13.6. The minimum Gasteiger partial charge on any atom is -0.355 e. The molecule has 6 nitrogen and oxygen atoms in total. The van der Waals surface area contributed by atoms with E-state index in [1.54, 1.807) is 17.2 Å². The molecule has 0 aliphatic carbocycles. The molecule has 0 radical (unpaired) electrons. The smallest absolute Gasteiger partial charge is 0.256 e. The summed E-state index contributed by atoms with van der Waals surface area (Å²) >= 11 is 0. The summed E-state index contributed by atoms with van der Waals surface area (Å²) < 4.78 is 0. The first-order valence-electron chi connectivity index (χ1n) is 8.31. The molecule has 3 rings (SSSR count). The third kappa shape index (κ3) is 3.38. The molecule has 1 unspecified atom stereocenters. The van der Waals surface area contributed by atoms with Gasteiger partial charge < -0.3 is 16.0 Å². The summed E-state index contributed by atoms with van der Waals surface area (Å²) in [5.74, 6) is -0.248. The number of amides is 2. The van der Waals surface area contributed by atoms with E-state index in [0.717, 1.165) is 18.2 Å². The number of nitrogens with zero attached hydrogens (tertiary/aromatic N) is 2. The normalized spacial score (nSPS) is 17.7. The molecule has 1 atom stereocenters. The SMILES string of the molecule is NCCNC(=O)C1CCCN(C(=O)c2cccc3cccnc23)C1. The van der Waals surface area contributed by atoms with Gasteiger partial charge >= 0.3 is 0 Å². The maximum atomic E-state index is 12.9. The number of aromatic nitrogens is 1. The summed E-state index contributed by atoms with van der Waals surface area (Å²) in [4.78, 5) is 31.2. The molecule has 1 aliphatic rings. The fourth-order valence-corrected chi connectivity index (χ4v) is 3.16. The van der Waals surface area contributed by atoms with Crippen molar-refractivity contribution in [3.05, 3.63) is 42.1 Å². The highest BCUT2D eigenvalue weighted by atomic mass is 16.2. The molecule has 126 valence electrons. The Hall–Kier alpha value is -2.47. The van der Waals surface area contributed by atoms with Crippen molar-refractivity contribution in [2.24, 2.45) is 11.7 Å². The number of rotatable bonds is 4. The fourth-order valence-electron chi connectivity index (χ4n) is 3.16. The van der Waals surface area contributed by atoms with Gasteiger partial charge in [-0.3, -0.25) is 14.6 Å². The lowest BCUT2D eigenvalue weighted by Gasteiger charge is -2.32. The standard InChI is InChI=1S/C18H22N4O2/c19-8-10-21-17(23)14-6-3-11-22(12-14)18(24)15-7-1-4-13-5-2-9-20-16(13)15/h1-2,4-5,7,9,14H,3,6,8,10-12,19H2,(H,21,23). The van der Waals surface area contributed by atoms with Gasteiger partial charge in [-0.15, -0.1) is 0 Å². The lowest BCUT2D eigenvalue weighted by molar-refractivity contribution is -0.126. The van der Waals surface area contributed by atoms with Crippen LogP contribution >= 0.6 is 0 Å². The summed E-state index contributed by atoms with van der Waals surface area (Å²) in [6.45, 7) is 2.00.